The number of unbranched alkanes of at least 4 members (excludes halogenated alkanes) is 2. The lowest BCUT2D eigenvalue weighted by molar-refractivity contribution is -0.386. The van der Waals surface area contributed by atoms with Gasteiger partial charge in [-0.05, 0) is 27.2 Å². The van der Waals surface area contributed by atoms with Gasteiger partial charge in [-0.25, -0.2) is 0 Å². The molecule has 0 saturated heterocycles. The third-order valence-electron chi connectivity index (χ3n) is 3.47. The average molecular weight is 296 g/mol. The molecule has 1 aromatic heterocycles. The lowest BCUT2D eigenvalue weighted by Gasteiger charge is -2.13. The second-order valence-electron chi connectivity index (χ2n) is 5.40. The zero-order chi connectivity index (χ0) is 16.0. The SMILES string of the molecule is CCCCCC(C)NC(=O)Cn1nc(C)c([N+](=O)[O-])c1C. The monoisotopic (exact) mass is 296 g/mol. The highest BCUT2D eigenvalue weighted by Crippen LogP contribution is 2.21. The lowest BCUT2D eigenvalue weighted by atomic mass is 10.1. The maximum absolute atomic E-state index is 12.0. The molecule has 1 amide bonds. The summed E-state index contributed by atoms with van der Waals surface area (Å²) in [5.41, 5.74) is 0.728. The summed E-state index contributed by atoms with van der Waals surface area (Å²) < 4.78 is 1.39. The van der Waals surface area contributed by atoms with Crippen LogP contribution in [-0.2, 0) is 11.3 Å². The molecule has 0 aliphatic heterocycles. The number of nitro groups is 1. The van der Waals surface area contributed by atoms with E-state index in [4.69, 9.17) is 0 Å². The van der Waals surface area contributed by atoms with Crippen molar-refractivity contribution >= 4 is 11.6 Å². The first-order valence-corrected chi connectivity index (χ1v) is 7.34. The summed E-state index contributed by atoms with van der Waals surface area (Å²) in [6.45, 7) is 7.30. The van der Waals surface area contributed by atoms with Crippen LogP contribution in [0.25, 0.3) is 0 Å². The van der Waals surface area contributed by atoms with Gasteiger partial charge in [0.25, 0.3) is 0 Å². The Hall–Kier alpha value is -1.92. The highest BCUT2D eigenvalue weighted by Gasteiger charge is 2.22. The van der Waals surface area contributed by atoms with Gasteiger partial charge in [-0.3, -0.25) is 19.6 Å². The minimum absolute atomic E-state index is 0.0125. The van der Waals surface area contributed by atoms with E-state index in [1.54, 1.807) is 13.8 Å². The second-order valence-corrected chi connectivity index (χ2v) is 5.40. The van der Waals surface area contributed by atoms with Crippen LogP contribution in [0.15, 0.2) is 0 Å². The Balaban J connectivity index is 2.59. The van der Waals surface area contributed by atoms with Gasteiger partial charge in [0.2, 0.25) is 5.91 Å². The van der Waals surface area contributed by atoms with E-state index < -0.39 is 4.92 Å². The van der Waals surface area contributed by atoms with Crippen molar-refractivity contribution in [2.24, 2.45) is 0 Å². The van der Waals surface area contributed by atoms with Gasteiger partial charge in [0.15, 0.2) is 0 Å². The Morgan fingerprint density at radius 2 is 2.10 bits per heavy atom. The van der Waals surface area contributed by atoms with Gasteiger partial charge < -0.3 is 5.32 Å². The number of nitrogens with zero attached hydrogens (tertiary/aromatic N) is 3. The van der Waals surface area contributed by atoms with Crippen molar-refractivity contribution in [2.75, 3.05) is 0 Å². The van der Waals surface area contributed by atoms with E-state index >= 15 is 0 Å². The van der Waals surface area contributed by atoms with E-state index in [1.807, 2.05) is 6.92 Å². The number of aromatic nitrogens is 2. The predicted molar refractivity (Wildman–Crippen MR) is 80.1 cm³/mol. The summed E-state index contributed by atoms with van der Waals surface area (Å²) in [6.07, 6.45) is 4.33. The summed E-state index contributed by atoms with van der Waals surface area (Å²) in [4.78, 5) is 22.4. The summed E-state index contributed by atoms with van der Waals surface area (Å²) in [5, 5.41) is 17.9. The first kappa shape index (κ1) is 17.1. The predicted octanol–water partition coefficient (Wildman–Crippen LogP) is 2.49. The third kappa shape index (κ3) is 4.84. The van der Waals surface area contributed by atoms with Gasteiger partial charge in [0.05, 0.1) is 4.92 Å². The van der Waals surface area contributed by atoms with Crippen LogP contribution in [0.3, 0.4) is 0 Å². The largest absolute Gasteiger partial charge is 0.352 e. The summed E-state index contributed by atoms with van der Waals surface area (Å²) in [7, 11) is 0. The van der Waals surface area contributed by atoms with Crippen molar-refractivity contribution < 1.29 is 9.72 Å². The number of aryl methyl sites for hydroxylation is 1. The molecule has 0 aliphatic carbocycles. The molecule has 0 aliphatic rings. The van der Waals surface area contributed by atoms with E-state index in [1.165, 1.54) is 4.68 Å². The molecule has 0 radical (unpaired) electrons. The van der Waals surface area contributed by atoms with Crippen LogP contribution in [0, 0.1) is 24.0 Å². The molecule has 7 heteroatoms. The van der Waals surface area contributed by atoms with Crippen LogP contribution >= 0.6 is 0 Å². The molecule has 0 aromatic carbocycles. The molecule has 0 bridgehead atoms. The van der Waals surface area contributed by atoms with E-state index in [0.29, 0.717) is 11.4 Å². The molecule has 1 N–H and O–H groups in total. The fraction of sp³-hybridized carbons (Fsp3) is 0.714. The quantitative estimate of drug-likeness (QED) is 0.453. The van der Waals surface area contributed by atoms with E-state index in [2.05, 4.69) is 17.3 Å². The van der Waals surface area contributed by atoms with Crippen LogP contribution in [0.5, 0.6) is 0 Å². The van der Waals surface area contributed by atoms with Crippen LogP contribution in [0.4, 0.5) is 5.69 Å². The number of nitrogens with one attached hydrogen (secondary N) is 1. The molecule has 0 spiro atoms. The third-order valence-corrected chi connectivity index (χ3v) is 3.47. The number of carbonyl (C=O) groups is 1. The molecule has 118 valence electrons. The lowest BCUT2D eigenvalue weighted by Crippen LogP contribution is -2.35. The number of hydrogen-bond acceptors (Lipinski definition) is 4. The first-order chi connectivity index (χ1) is 9.86. The maximum atomic E-state index is 12.0. The number of carbonyl (C=O) groups excluding carboxylic acids is 1. The Kier molecular flexibility index (Phi) is 6.33. The van der Waals surface area contributed by atoms with Crippen LogP contribution in [-0.4, -0.2) is 26.7 Å². The van der Waals surface area contributed by atoms with Crippen molar-refractivity contribution in [1.29, 1.82) is 0 Å². The van der Waals surface area contributed by atoms with Crippen molar-refractivity contribution in [1.82, 2.24) is 15.1 Å². The standard InChI is InChI=1S/C14H24N4O3/c1-5-6-7-8-10(2)15-13(19)9-17-12(4)14(18(20)21)11(3)16-17/h10H,5-9H2,1-4H3,(H,15,19). The maximum Gasteiger partial charge on any atom is 0.312 e. The molecule has 1 atom stereocenters. The zero-order valence-electron chi connectivity index (χ0n) is 13.2. The van der Waals surface area contributed by atoms with Gasteiger partial charge in [0.1, 0.15) is 17.9 Å². The number of amides is 1. The molecule has 1 heterocycles. The fourth-order valence-corrected chi connectivity index (χ4v) is 2.33. The molecule has 21 heavy (non-hydrogen) atoms. The topological polar surface area (TPSA) is 90.1 Å². The van der Waals surface area contributed by atoms with E-state index in [-0.39, 0.29) is 24.2 Å². The zero-order valence-corrected chi connectivity index (χ0v) is 13.2. The average Bonchev–Trinajstić information content (AvgIpc) is 2.64. The first-order valence-electron chi connectivity index (χ1n) is 7.34. The molecule has 7 nitrogen and oxygen atoms in total. The van der Waals surface area contributed by atoms with Gasteiger partial charge in [-0.2, -0.15) is 5.10 Å². The van der Waals surface area contributed by atoms with Crippen molar-refractivity contribution in [3.63, 3.8) is 0 Å². The van der Waals surface area contributed by atoms with Crippen molar-refractivity contribution in [3.05, 3.63) is 21.5 Å². The minimum Gasteiger partial charge on any atom is -0.352 e. The smallest absolute Gasteiger partial charge is 0.312 e. The molecule has 1 unspecified atom stereocenters. The van der Waals surface area contributed by atoms with Crippen LogP contribution in [0.1, 0.15) is 50.9 Å². The normalized spacial score (nSPS) is 12.2. The minimum atomic E-state index is -0.459. The Morgan fingerprint density at radius 1 is 1.43 bits per heavy atom. The Morgan fingerprint density at radius 3 is 2.62 bits per heavy atom. The Labute approximate surface area is 124 Å². The molecule has 0 saturated carbocycles. The van der Waals surface area contributed by atoms with Gasteiger partial charge >= 0.3 is 5.69 Å². The molecular formula is C14H24N4O3. The Bertz CT molecular complexity index is 511. The fourth-order valence-electron chi connectivity index (χ4n) is 2.33. The molecule has 1 aromatic rings. The van der Waals surface area contributed by atoms with Gasteiger partial charge in [-0.1, -0.05) is 26.2 Å². The number of hydrogen-bond donors (Lipinski definition) is 1. The second kappa shape index (κ2) is 7.75. The van der Waals surface area contributed by atoms with Crippen molar-refractivity contribution in [3.8, 4) is 0 Å². The van der Waals surface area contributed by atoms with Gasteiger partial charge in [0, 0.05) is 6.04 Å². The summed E-state index contributed by atoms with van der Waals surface area (Å²) >= 11 is 0. The molecule has 0 fully saturated rings. The van der Waals surface area contributed by atoms with Gasteiger partial charge in [-0.15, -0.1) is 0 Å². The summed E-state index contributed by atoms with van der Waals surface area (Å²) in [5.74, 6) is -0.167. The van der Waals surface area contributed by atoms with Crippen molar-refractivity contribution in [2.45, 2.75) is 66.0 Å². The summed E-state index contributed by atoms with van der Waals surface area (Å²) in [6, 6.07) is 0.107. The van der Waals surface area contributed by atoms with Crippen LogP contribution in [0.2, 0.25) is 0 Å². The number of rotatable bonds is 8. The van der Waals surface area contributed by atoms with Crippen LogP contribution < -0.4 is 5.32 Å². The highest BCUT2D eigenvalue weighted by atomic mass is 16.6. The van der Waals surface area contributed by atoms with E-state index in [9.17, 15) is 14.9 Å². The highest BCUT2D eigenvalue weighted by molar-refractivity contribution is 5.76. The molecule has 1 rings (SSSR count). The molecular weight excluding hydrogens is 272 g/mol. The van der Waals surface area contributed by atoms with E-state index in [0.717, 1.165) is 25.7 Å².